The lowest BCUT2D eigenvalue weighted by Gasteiger charge is -2.12. The average molecular weight is 248 g/mol. The minimum Gasteiger partial charge on any atom is -0.479 e. The van der Waals surface area contributed by atoms with Gasteiger partial charge in [-0.05, 0) is 24.6 Å². The second kappa shape index (κ2) is 7.30. The second-order valence-electron chi connectivity index (χ2n) is 3.72. The molecule has 0 bridgehead atoms. The third-order valence-electron chi connectivity index (χ3n) is 2.37. The molecule has 5 nitrogen and oxygen atoms in total. The van der Waals surface area contributed by atoms with Gasteiger partial charge >= 0.3 is 5.97 Å². The highest BCUT2D eigenvalue weighted by Gasteiger charge is 2.11. The molecule has 0 aliphatic carbocycles. The number of carbonyl (C=O) groups excluding carboxylic acids is 1. The van der Waals surface area contributed by atoms with Gasteiger partial charge in [0.2, 0.25) is 0 Å². The Bertz CT molecular complexity index is 440. The quantitative estimate of drug-likeness (QED) is 0.767. The maximum atomic E-state index is 11.2. The molecule has 0 radical (unpaired) electrons. The van der Waals surface area contributed by atoms with Crippen LogP contribution in [0.3, 0.4) is 0 Å². The summed E-state index contributed by atoms with van der Waals surface area (Å²) in [4.78, 5) is 11.2. The van der Waals surface area contributed by atoms with Gasteiger partial charge in [0.05, 0.1) is 7.11 Å². The Labute approximate surface area is 106 Å². The molecule has 1 atom stereocenters. The topological polar surface area (TPSA) is 71.3 Å². The molecular weight excluding hydrogens is 232 g/mol. The SMILES string of the molecule is COC(=O)[C@H](C)NCc1cccc(OCC#N)c1. The fraction of sp³-hybridized carbons (Fsp3) is 0.385. The van der Waals surface area contributed by atoms with Gasteiger partial charge in [0.15, 0.2) is 6.61 Å². The predicted octanol–water partition coefficient (Wildman–Crippen LogP) is 1.24. The predicted molar refractivity (Wildman–Crippen MR) is 65.9 cm³/mol. The van der Waals surface area contributed by atoms with Gasteiger partial charge in [-0.2, -0.15) is 5.26 Å². The zero-order valence-electron chi connectivity index (χ0n) is 10.5. The third-order valence-corrected chi connectivity index (χ3v) is 2.37. The van der Waals surface area contributed by atoms with E-state index in [0.29, 0.717) is 12.3 Å². The van der Waals surface area contributed by atoms with E-state index in [1.165, 1.54) is 7.11 Å². The lowest BCUT2D eigenvalue weighted by molar-refractivity contribution is -0.142. The van der Waals surface area contributed by atoms with Gasteiger partial charge < -0.3 is 14.8 Å². The molecule has 1 aromatic carbocycles. The van der Waals surface area contributed by atoms with E-state index in [1.807, 2.05) is 24.3 Å². The smallest absolute Gasteiger partial charge is 0.322 e. The molecule has 0 unspecified atom stereocenters. The largest absolute Gasteiger partial charge is 0.479 e. The summed E-state index contributed by atoms with van der Waals surface area (Å²) in [6, 6.07) is 8.91. The molecule has 1 N–H and O–H groups in total. The van der Waals surface area contributed by atoms with Gasteiger partial charge in [-0.3, -0.25) is 4.79 Å². The van der Waals surface area contributed by atoms with E-state index in [1.54, 1.807) is 13.0 Å². The molecular formula is C13H16N2O3. The zero-order chi connectivity index (χ0) is 13.4. The monoisotopic (exact) mass is 248 g/mol. The van der Waals surface area contributed by atoms with E-state index < -0.39 is 0 Å². The zero-order valence-corrected chi connectivity index (χ0v) is 10.5. The Morgan fingerprint density at radius 2 is 2.33 bits per heavy atom. The number of rotatable bonds is 6. The molecule has 5 heteroatoms. The first-order valence-corrected chi connectivity index (χ1v) is 5.57. The summed E-state index contributed by atoms with van der Waals surface area (Å²) in [5, 5.41) is 11.5. The maximum Gasteiger partial charge on any atom is 0.322 e. The lowest BCUT2D eigenvalue weighted by atomic mass is 10.2. The molecule has 0 amide bonds. The van der Waals surface area contributed by atoms with Crippen LogP contribution >= 0.6 is 0 Å². The molecule has 0 aliphatic rings. The van der Waals surface area contributed by atoms with Gasteiger partial charge in [-0.25, -0.2) is 0 Å². The molecule has 0 aromatic heterocycles. The van der Waals surface area contributed by atoms with E-state index in [4.69, 9.17) is 10.00 Å². The van der Waals surface area contributed by atoms with E-state index in [2.05, 4.69) is 10.1 Å². The van der Waals surface area contributed by atoms with Crippen molar-refractivity contribution in [2.75, 3.05) is 13.7 Å². The molecule has 96 valence electrons. The first-order chi connectivity index (χ1) is 8.67. The van der Waals surface area contributed by atoms with Gasteiger partial charge in [-0.1, -0.05) is 12.1 Å². The highest BCUT2D eigenvalue weighted by atomic mass is 16.5. The van der Waals surface area contributed by atoms with Crippen molar-refractivity contribution in [3.8, 4) is 11.8 Å². The van der Waals surface area contributed by atoms with Crippen LogP contribution in [0.2, 0.25) is 0 Å². The number of ether oxygens (including phenoxy) is 2. The van der Waals surface area contributed by atoms with Crippen LogP contribution in [-0.4, -0.2) is 25.7 Å². The van der Waals surface area contributed by atoms with Crippen molar-refractivity contribution in [2.24, 2.45) is 0 Å². The van der Waals surface area contributed by atoms with Crippen LogP contribution in [0.1, 0.15) is 12.5 Å². The van der Waals surface area contributed by atoms with E-state index in [9.17, 15) is 4.79 Å². The van der Waals surface area contributed by atoms with Gasteiger partial charge in [0.1, 0.15) is 17.9 Å². The summed E-state index contributed by atoms with van der Waals surface area (Å²) in [6.07, 6.45) is 0. The molecule has 0 heterocycles. The van der Waals surface area contributed by atoms with Crippen molar-refractivity contribution in [3.05, 3.63) is 29.8 Å². The fourth-order valence-corrected chi connectivity index (χ4v) is 1.39. The first-order valence-electron chi connectivity index (χ1n) is 5.57. The molecule has 0 aliphatic heterocycles. The van der Waals surface area contributed by atoms with Crippen molar-refractivity contribution in [2.45, 2.75) is 19.5 Å². The molecule has 0 saturated heterocycles. The number of carbonyl (C=O) groups is 1. The number of esters is 1. The summed E-state index contributed by atoms with van der Waals surface area (Å²) in [5.41, 5.74) is 0.973. The van der Waals surface area contributed by atoms with Crippen LogP contribution in [0.25, 0.3) is 0 Å². The lowest BCUT2D eigenvalue weighted by Crippen LogP contribution is -2.34. The van der Waals surface area contributed by atoms with Gasteiger partial charge in [0.25, 0.3) is 0 Å². The number of hydrogen-bond acceptors (Lipinski definition) is 5. The Morgan fingerprint density at radius 3 is 3.00 bits per heavy atom. The summed E-state index contributed by atoms with van der Waals surface area (Å²) < 4.78 is 9.81. The van der Waals surface area contributed by atoms with Crippen LogP contribution in [-0.2, 0) is 16.1 Å². The fourth-order valence-electron chi connectivity index (χ4n) is 1.39. The number of nitrogens with zero attached hydrogens (tertiary/aromatic N) is 1. The minimum absolute atomic E-state index is 0.0233. The molecule has 0 fully saturated rings. The van der Waals surface area contributed by atoms with E-state index in [0.717, 1.165) is 5.56 Å². The van der Waals surface area contributed by atoms with E-state index >= 15 is 0 Å². The highest BCUT2D eigenvalue weighted by molar-refractivity contribution is 5.75. The third kappa shape index (κ3) is 4.44. The van der Waals surface area contributed by atoms with Gasteiger partial charge in [-0.15, -0.1) is 0 Å². The number of hydrogen-bond donors (Lipinski definition) is 1. The van der Waals surface area contributed by atoms with Crippen molar-refractivity contribution >= 4 is 5.97 Å². The standard InChI is InChI=1S/C13H16N2O3/c1-10(13(16)17-2)15-9-11-4-3-5-12(8-11)18-7-6-14/h3-5,8,10,15H,7,9H2,1-2H3/t10-/m0/s1. The van der Waals surface area contributed by atoms with E-state index in [-0.39, 0.29) is 18.6 Å². The highest BCUT2D eigenvalue weighted by Crippen LogP contribution is 2.13. The van der Waals surface area contributed by atoms with Crippen LogP contribution in [0, 0.1) is 11.3 Å². The number of methoxy groups -OCH3 is 1. The van der Waals surface area contributed by atoms with Crippen molar-refractivity contribution in [1.29, 1.82) is 5.26 Å². The number of nitrogens with one attached hydrogen (secondary N) is 1. The second-order valence-corrected chi connectivity index (χ2v) is 3.72. The van der Waals surface area contributed by atoms with Crippen molar-refractivity contribution < 1.29 is 14.3 Å². The summed E-state index contributed by atoms with van der Waals surface area (Å²) >= 11 is 0. The average Bonchev–Trinajstić information content (AvgIpc) is 2.42. The Hall–Kier alpha value is -2.06. The Kier molecular flexibility index (Phi) is 5.68. The number of nitriles is 1. The summed E-state index contributed by atoms with van der Waals surface area (Å²) in [7, 11) is 1.36. The molecule has 0 saturated carbocycles. The Balaban J connectivity index is 2.52. The first kappa shape index (κ1) is 14.0. The maximum absolute atomic E-state index is 11.2. The van der Waals surface area contributed by atoms with Gasteiger partial charge in [0, 0.05) is 6.54 Å². The normalized spacial score (nSPS) is 11.4. The van der Waals surface area contributed by atoms with Crippen LogP contribution in [0.15, 0.2) is 24.3 Å². The summed E-state index contributed by atoms with van der Waals surface area (Å²) in [6.45, 7) is 2.29. The molecule has 18 heavy (non-hydrogen) atoms. The van der Waals surface area contributed by atoms with Crippen molar-refractivity contribution in [3.63, 3.8) is 0 Å². The summed E-state index contributed by atoms with van der Waals surface area (Å²) in [5.74, 6) is 0.341. The Morgan fingerprint density at radius 1 is 1.56 bits per heavy atom. The minimum atomic E-state index is -0.362. The van der Waals surface area contributed by atoms with Crippen LogP contribution < -0.4 is 10.1 Å². The molecule has 0 spiro atoms. The molecule has 1 aromatic rings. The van der Waals surface area contributed by atoms with Crippen LogP contribution in [0.4, 0.5) is 0 Å². The molecule has 1 rings (SSSR count). The number of benzene rings is 1. The van der Waals surface area contributed by atoms with Crippen molar-refractivity contribution in [1.82, 2.24) is 5.32 Å². The van der Waals surface area contributed by atoms with Crippen LogP contribution in [0.5, 0.6) is 5.75 Å².